The molecular formula is C10H12F. The van der Waals surface area contributed by atoms with E-state index in [0.717, 1.165) is 12.8 Å². The van der Waals surface area contributed by atoms with E-state index < -0.39 is 0 Å². The third-order valence-corrected chi connectivity index (χ3v) is 1.63. The fraction of sp³-hybridized carbons (Fsp3) is 0.300. The van der Waals surface area contributed by atoms with Gasteiger partial charge in [-0.15, -0.1) is 0 Å². The van der Waals surface area contributed by atoms with Crippen LogP contribution in [-0.2, 0) is 6.42 Å². The molecule has 1 aromatic carbocycles. The first-order chi connectivity index (χ1) is 5.33. The number of hydrogen-bond donors (Lipinski definition) is 0. The molecule has 0 aliphatic rings. The Hall–Kier alpha value is -0.850. The largest absolute Gasteiger partial charge is 0.207 e. The molecule has 0 unspecified atom stereocenters. The van der Waals surface area contributed by atoms with Gasteiger partial charge < -0.3 is 0 Å². The molecule has 0 bridgehead atoms. The smallest absolute Gasteiger partial charge is 0.123 e. The Kier molecular flexibility index (Phi) is 3.09. The summed E-state index contributed by atoms with van der Waals surface area (Å²) in [5.74, 6) is -0.158. The van der Waals surface area contributed by atoms with Crippen LogP contribution in [-0.4, -0.2) is 0 Å². The number of aryl methyl sites for hydroxylation is 1. The molecule has 0 saturated heterocycles. The fourth-order valence-electron chi connectivity index (χ4n) is 0.962. The highest BCUT2D eigenvalue weighted by Gasteiger charge is 1.91. The van der Waals surface area contributed by atoms with Gasteiger partial charge in [0.15, 0.2) is 0 Å². The Labute approximate surface area is 67.1 Å². The standard InChI is InChI=1S/C10H12F/c1-2-3-4-9-5-7-10(11)8-6-9/h2,5-8H,3-4H2,1H3. The number of unbranched alkanes of at least 4 members (excludes halogenated alkanes) is 1. The third kappa shape index (κ3) is 2.71. The lowest BCUT2D eigenvalue weighted by molar-refractivity contribution is 0.627. The van der Waals surface area contributed by atoms with E-state index in [4.69, 9.17) is 0 Å². The molecule has 0 atom stereocenters. The van der Waals surface area contributed by atoms with Crippen molar-refractivity contribution in [2.45, 2.75) is 19.8 Å². The molecule has 1 aromatic rings. The summed E-state index contributed by atoms with van der Waals surface area (Å²) in [7, 11) is 0. The minimum atomic E-state index is -0.158. The first kappa shape index (κ1) is 8.25. The van der Waals surface area contributed by atoms with Gasteiger partial charge in [0.25, 0.3) is 0 Å². The maximum atomic E-state index is 12.4. The molecule has 0 amide bonds. The fourth-order valence-corrected chi connectivity index (χ4v) is 0.962. The quantitative estimate of drug-likeness (QED) is 0.623. The lowest BCUT2D eigenvalue weighted by Crippen LogP contribution is -1.84. The van der Waals surface area contributed by atoms with Crippen LogP contribution in [0.2, 0.25) is 0 Å². The minimum Gasteiger partial charge on any atom is -0.207 e. The molecule has 0 saturated carbocycles. The van der Waals surface area contributed by atoms with Crippen molar-refractivity contribution >= 4 is 0 Å². The summed E-state index contributed by atoms with van der Waals surface area (Å²) in [5, 5.41) is 0. The van der Waals surface area contributed by atoms with Crippen LogP contribution >= 0.6 is 0 Å². The molecule has 1 rings (SSSR count). The van der Waals surface area contributed by atoms with E-state index >= 15 is 0 Å². The summed E-state index contributed by atoms with van der Waals surface area (Å²) >= 11 is 0. The summed E-state index contributed by atoms with van der Waals surface area (Å²) in [6.45, 7) is 2.03. The van der Waals surface area contributed by atoms with Gasteiger partial charge in [0.1, 0.15) is 5.82 Å². The van der Waals surface area contributed by atoms with Gasteiger partial charge in [0, 0.05) is 0 Å². The molecule has 0 fully saturated rings. The first-order valence-electron chi connectivity index (χ1n) is 3.85. The van der Waals surface area contributed by atoms with Crippen molar-refractivity contribution in [1.29, 1.82) is 0 Å². The first-order valence-corrected chi connectivity index (χ1v) is 3.85. The van der Waals surface area contributed by atoms with Crippen molar-refractivity contribution < 1.29 is 4.39 Å². The Morgan fingerprint density at radius 3 is 2.45 bits per heavy atom. The molecule has 1 heteroatoms. The number of halogens is 1. The molecule has 0 aliphatic carbocycles. The Balaban J connectivity index is 2.52. The van der Waals surface area contributed by atoms with E-state index in [0.29, 0.717) is 0 Å². The zero-order valence-corrected chi connectivity index (χ0v) is 6.68. The van der Waals surface area contributed by atoms with Gasteiger partial charge in [-0.1, -0.05) is 19.1 Å². The van der Waals surface area contributed by atoms with E-state index in [9.17, 15) is 4.39 Å². The van der Waals surface area contributed by atoms with Gasteiger partial charge in [-0.2, -0.15) is 0 Å². The average Bonchev–Trinajstić information content (AvgIpc) is 2.04. The molecule has 0 heterocycles. The zero-order valence-electron chi connectivity index (χ0n) is 6.68. The summed E-state index contributed by atoms with van der Waals surface area (Å²) in [6, 6.07) is 6.67. The van der Waals surface area contributed by atoms with Crippen LogP contribution in [0.1, 0.15) is 18.9 Å². The van der Waals surface area contributed by atoms with Crippen LogP contribution in [0, 0.1) is 12.2 Å². The van der Waals surface area contributed by atoms with E-state index in [-0.39, 0.29) is 5.82 Å². The van der Waals surface area contributed by atoms with Crippen molar-refractivity contribution in [2.75, 3.05) is 0 Å². The predicted octanol–water partition coefficient (Wildman–Crippen LogP) is 2.98. The van der Waals surface area contributed by atoms with Gasteiger partial charge in [-0.25, -0.2) is 4.39 Å². The summed E-state index contributed by atoms with van der Waals surface area (Å²) < 4.78 is 12.4. The summed E-state index contributed by atoms with van der Waals surface area (Å²) in [4.78, 5) is 0. The molecule has 0 aliphatic heterocycles. The van der Waals surface area contributed by atoms with Crippen LogP contribution in [0.15, 0.2) is 24.3 Å². The Bertz CT molecular complexity index is 201. The second kappa shape index (κ2) is 4.12. The zero-order chi connectivity index (χ0) is 8.10. The summed E-state index contributed by atoms with van der Waals surface area (Å²) in [6.07, 6.45) is 4.19. The molecule has 0 spiro atoms. The van der Waals surface area contributed by atoms with Crippen LogP contribution in [0.4, 0.5) is 4.39 Å². The number of rotatable bonds is 3. The lowest BCUT2D eigenvalue weighted by atomic mass is 10.1. The molecule has 0 aromatic heterocycles. The molecular weight excluding hydrogens is 139 g/mol. The van der Waals surface area contributed by atoms with Gasteiger partial charge >= 0.3 is 0 Å². The highest BCUT2D eigenvalue weighted by atomic mass is 19.1. The molecule has 1 radical (unpaired) electrons. The van der Waals surface area contributed by atoms with Crippen molar-refractivity contribution in [3.63, 3.8) is 0 Å². The van der Waals surface area contributed by atoms with Crippen LogP contribution in [0.3, 0.4) is 0 Å². The third-order valence-electron chi connectivity index (χ3n) is 1.63. The highest BCUT2D eigenvalue weighted by Crippen LogP contribution is 2.05. The second-order valence-electron chi connectivity index (χ2n) is 2.57. The maximum absolute atomic E-state index is 12.4. The van der Waals surface area contributed by atoms with Crippen molar-refractivity contribution in [3.8, 4) is 0 Å². The molecule has 59 valence electrons. The maximum Gasteiger partial charge on any atom is 0.123 e. The van der Waals surface area contributed by atoms with Gasteiger partial charge in [0.05, 0.1) is 0 Å². The minimum absolute atomic E-state index is 0.158. The monoisotopic (exact) mass is 151 g/mol. The van der Waals surface area contributed by atoms with Crippen LogP contribution < -0.4 is 0 Å². The number of benzene rings is 1. The summed E-state index contributed by atoms with van der Waals surface area (Å²) in [5.41, 5.74) is 1.20. The molecule has 0 N–H and O–H groups in total. The Morgan fingerprint density at radius 2 is 1.91 bits per heavy atom. The van der Waals surface area contributed by atoms with Gasteiger partial charge in [0.2, 0.25) is 0 Å². The van der Waals surface area contributed by atoms with Crippen LogP contribution in [0.5, 0.6) is 0 Å². The topological polar surface area (TPSA) is 0 Å². The van der Waals surface area contributed by atoms with E-state index in [2.05, 4.69) is 6.42 Å². The van der Waals surface area contributed by atoms with E-state index in [1.165, 1.54) is 17.7 Å². The van der Waals surface area contributed by atoms with E-state index in [1.807, 2.05) is 19.1 Å². The average molecular weight is 151 g/mol. The van der Waals surface area contributed by atoms with Gasteiger partial charge in [-0.05, 0) is 37.0 Å². The SMILES string of the molecule is C[CH]CCc1ccc(F)cc1. The Morgan fingerprint density at radius 1 is 1.27 bits per heavy atom. The molecule has 11 heavy (non-hydrogen) atoms. The van der Waals surface area contributed by atoms with E-state index in [1.54, 1.807) is 0 Å². The van der Waals surface area contributed by atoms with Crippen LogP contribution in [0.25, 0.3) is 0 Å². The predicted molar refractivity (Wildman–Crippen MR) is 44.7 cm³/mol. The van der Waals surface area contributed by atoms with Crippen molar-refractivity contribution in [1.82, 2.24) is 0 Å². The highest BCUT2D eigenvalue weighted by molar-refractivity contribution is 5.16. The van der Waals surface area contributed by atoms with Crippen molar-refractivity contribution in [3.05, 3.63) is 42.1 Å². The number of hydrogen-bond acceptors (Lipinski definition) is 0. The van der Waals surface area contributed by atoms with Gasteiger partial charge in [-0.3, -0.25) is 0 Å². The van der Waals surface area contributed by atoms with Crippen molar-refractivity contribution in [2.24, 2.45) is 0 Å². The normalized spacial score (nSPS) is 10.0. The lowest BCUT2D eigenvalue weighted by Gasteiger charge is -1.97. The second-order valence-corrected chi connectivity index (χ2v) is 2.57. The molecule has 0 nitrogen and oxygen atoms in total.